The van der Waals surface area contributed by atoms with E-state index in [0.717, 1.165) is 11.8 Å². The quantitative estimate of drug-likeness (QED) is 0.486. The predicted octanol–water partition coefficient (Wildman–Crippen LogP) is 0.104. The summed E-state index contributed by atoms with van der Waals surface area (Å²) in [6.07, 6.45) is 0.970. The van der Waals surface area contributed by atoms with Crippen molar-refractivity contribution >= 4 is 45.0 Å². The molecule has 12 heteroatoms. The van der Waals surface area contributed by atoms with E-state index in [1.54, 1.807) is 18.2 Å². The minimum atomic E-state index is -3.70. The van der Waals surface area contributed by atoms with E-state index in [9.17, 15) is 18.0 Å². The van der Waals surface area contributed by atoms with Gasteiger partial charge in [-0.3, -0.25) is 9.59 Å². The van der Waals surface area contributed by atoms with Crippen molar-refractivity contribution in [1.82, 2.24) is 9.62 Å². The zero-order valence-electron chi connectivity index (χ0n) is 14.6. The molecule has 2 fully saturated rings. The van der Waals surface area contributed by atoms with Gasteiger partial charge >= 0.3 is 5.97 Å². The van der Waals surface area contributed by atoms with Crippen molar-refractivity contribution in [1.29, 1.82) is 0 Å². The smallest absolute Gasteiger partial charge is 0.305 e. The highest BCUT2D eigenvalue weighted by molar-refractivity contribution is 8.15. The van der Waals surface area contributed by atoms with Gasteiger partial charge in [0.15, 0.2) is 5.17 Å². The molecule has 0 saturated carbocycles. The molecule has 150 valence electrons. The summed E-state index contributed by atoms with van der Waals surface area (Å²) >= 11 is 0.969. The fourth-order valence-electron chi connectivity index (χ4n) is 2.64. The van der Waals surface area contributed by atoms with E-state index >= 15 is 0 Å². The van der Waals surface area contributed by atoms with Gasteiger partial charge in [-0.25, -0.2) is 8.42 Å². The van der Waals surface area contributed by atoms with Crippen LogP contribution >= 0.6 is 11.8 Å². The van der Waals surface area contributed by atoms with Gasteiger partial charge in [-0.2, -0.15) is 9.41 Å². The third-order valence-electron chi connectivity index (χ3n) is 3.99. The van der Waals surface area contributed by atoms with Crippen LogP contribution in [0.25, 0.3) is 0 Å². The summed E-state index contributed by atoms with van der Waals surface area (Å²) in [5.41, 5.74) is 0.356. The number of sulfonamides is 1. The molecule has 2 aliphatic rings. The number of amides is 1. The Morgan fingerprint density at radius 2 is 2.07 bits per heavy atom. The Morgan fingerprint density at radius 3 is 2.79 bits per heavy atom. The molecule has 1 atom stereocenters. The molecule has 1 unspecified atom stereocenters. The Labute approximate surface area is 165 Å². The molecule has 2 N–H and O–H groups in total. The van der Waals surface area contributed by atoms with Gasteiger partial charge in [0.2, 0.25) is 15.9 Å². The molecule has 0 spiro atoms. The van der Waals surface area contributed by atoms with Crippen molar-refractivity contribution < 1.29 is 27.9 Å². The first kappa shape index (κ1) is 20.5. The van der Waals surface area contributed by atoms with Gasteiger partial charge in [0, 0.05) is 18.7 Å². The van der Waals surface area contributed by atoms with E-state index < -0.39 is 27.1 Å². The third-order valence-corrected chi connectivity index (χ3v) is 7.03. The van der Waals surface area contributed by atoms with Crippen LogP contribution in [0.4, 0.5) is 0 Å². The minimum absolute atomic E-state index is 0.104. The highest BCUT2D eigenvalue weighted by Gasteiger charge is 2.32. The SMILES string of the molecule is O=C(O)CC1SC(=NN=Cc2ccccc2S(=O)(=O)N2CCOCC2)NC1=O. The van der Waals surface area contributed by atoms with Crippen LogP contribution < -0.4 is 5.32 Å². The molecule has 2 saturated heterocycles. The lowest BCUT2D eigenvalue weighted by molar-refractivity contribution is -0.138. The van der Waals surface area contributed by atoms with Crippen molar-refractivity contribution in [3.63, 3.8) is 0 Å². The molecule has 3 rings (SSSR count). The standard InChI is InChI=1S/C16H18N4O6S2/c21-14(22)9-12-15(23)18-16(27-12)19-17-10-11-3-1-2-4-13(11)28(24,25)20-5-7-26-8-6-20/h1-4,10,12H,5-9H2,(H,21,22)(H,18,19,23). The molecule has 1 aromatic rings. The molecule has 28 heavy (non-hydrogen) atoms. The van der Waals surface area contributed by atoms with Crippen LogP contribution in [0.3, 0.4) is 0 Å². The summed E-state index contributed by atoms with van der Waals surface area (Å²) in [6, 6.07) is 6.40. The van der Waals surface area contributed by atoms with Gasteiger partial charge in [0.1, 0.15) is 5.25 Å². The van der Waals surface area contributed by atoms with Crippen LogP contribution in [-0.4, -0.2) is 72.6 Å². The van der Waals surface area contributed by atoms with Gasteiger partial charge in [0.25, 0.3) is 0 Å². The number of rotatable bonds is 6. The number of hydrogen-bond acceptors (Lipinski definition) is 8. The Morgan fingerprint density at radius 1 is 1.36 bits per heavy atom. The van der Waals surface area contributed by atoms with Crippen molar-refractivity contribution in [2.24, 2.45) is 10.2 Å². The molecule has 0 bridgehead atoms. The van der Waals surface area contributed by atoms with E-state index in [1.807, 2.05) is 0 Å². The largest absolute Gasteiger partial charge is 0.481 e. The Kier molecular flexibility index (Phi) is 6.44. The van der Waals surface area contributed by atoms with Gasteiger partial charge in [-0.1, -0.05) is 30.0 Å². The number of morpholine rings is 1. The van der Waals surface area contributed by atoms with Gasteiger partial charge in [0.05, 0.1) is 30.7 Å². The summed E-state index contributed by atoms with van der Waals surface area (Å²) in [4.78, 5) is 22.5. The van der Waals surface area contributed by atoms with Crippen molar-refractivity contribution in [3.8, 4) is 0 Å². The summed E-state index contributed by atoms with van der Waals surface area (Å²) in [5, 5.41) is 18.4. The fourth-order valence-corrected chi connectivity index (χ4v) is 5.13. The second-order valence-corrected chi connectivity index (χ2v) is 9.00. The molecular formula is C16H18N4O6S2. The number of carbonyl (C=O) groups is 2. The summed E-state index contributed by atoms with van der Waals surface area (Å²) in [6.45, 7) is 1.25. The average Bonchev–Trinajstić information content (AvgIpc) is 3.01. The molecule has 2 heterocycles. The normalized spacial score (nSPS) is 22.6. The maximum Gasteiger partial charge on any atom is 0.305 e. The maximum absolute atomic E-state index is 12.9. The minimum Gasteiger partial charge on any atom is -0.481 e. The lowest BCUT2D eigenvalue weighted by Gasteiger charge is -2.26. The highest BCUT2D eigenvalue weighted by Crippen LogP contribution is 2.23. The number of nitrogens with zero attached hydrogens (tertiary/aromatic N) is 3. The van der Waals surface area contributed by atoms with Crippen molar-refractivity contribution in [2.75, 3.05) is 26.3 Å². The van der Waals surface area contributed by atoms with E-state index in [2.05, 4.69) is 15.5 Å². The van der Waals surface area contributed by atoms with E-state index in [1.165, 1.54) is 16.6 Å². The van der Waals surface area contributed by atoms with E-state index in [-0.39, 0.29) is 29.6 Å². The first-order chi connectivity index (χ1) is 13.4. The number of nitrogens with one attached hydrogen (secondary N) is 1. The highest BCUT2D eigenvalue weighted by atomic mass is 32.2. The van der Waals surface area contributed by atoms with Crippen LogP contribution in [0.5, 0.6) is 0 Å². The topological polar surface area (TPSA) is 138 Å². The number of benzene rings is 1. The first-order valence-corrected chi connectivity index (χ1v) is 10.7. The molecule has 0 aliphatic carbocycles. The molecule has 0 aromatic heterocycles. The number of hydrogen-bond donors (Lipinski definition) is 2. The molecule has 10 nitrogen and oxygen atoms in total. The number of carboxylic acids is 1. The first-order valence-electron chi connectivity index (χ1n) is 8.35. The lowest BCUT2D eigenvalue weighted by atomic mass is 10.2. The molecule has 1 aromatic carbocycles. The molecule has 0 radical (unpaired) electrons. The van der Waals surface area contributed by atoms with Crippen LogP contribution in [-0.2, 0) is 24.3 Å². The Hall–Kier alpha value is -2.28. The monoisotopic (exact) mass is 426 g/mol. The van der Waals surface area contributed by atoms with Crippen LogP contribution in [0.2, 0.25) is 0 Å². The summed E-state index contributed by atoms with van der Waals surface area (Å²) in [7, 11) is -3.70. The number of ether oxygens (including phenoxy) is 1. The van der Waals surface area contributed by atoms with Gasteiger partial charge in [-0.15, -0.1) is 5.10 Å². The van der Waals surface area contributed by atoms with Crippen molar-refractivity contribution in [3.05, 3.63) is 29.8 Å². The molecule has 2 aliphatic heterocycles. The Balaban J connectivity index is 1.77. The van der Waals surface area contributed by atoms with E-state index in [0.29, 0.717) is 18.8 Å². The zero-order valence-corrected chi connectivity index (χ0v) is 16.3. The van der Waals surface area contributed by atoms with Crippen LogP contribution in [0.1, 0.15) is 12.0 Å². The van der Waals surface area contributed by atoms with Crippen molar-refractivity contribution in [2.45, 2.75) is 16.6 Å². The Bertz CT molecular complexity index is 925. The molecular weight excluding hydrogens is 408 g/mol. The van der Waals surface area contributed by atoms with Crippen LogP contribution in [0, 0.1) is 0 Å². The maximum atomic E-state index is 12.9. The number of amidine groups is 1. The zero-order chi connectivity index (χ0) is 20.1. The third kappa shape index (κ3) is 4.76. The number of carbonyl (C=O) groups excluding carboxylic acids is 1. The number of thioether (sulfide) groups is 1. The number of aliphatic carboxylic acids is 1. The second kappa shape index (κ2) is 8.82. The average molecular weight is 426 g/mol. The molecule has 1 amide bonds. The fraction of sp³-hybridized carbons (Fsp3) is 0.375. The lowest BCUT2D eigenvalue weighted by Crippen LogP contribution is -2.40. The predicted molar refractivity (Wildman–Crippen MR) is 103 cm³/mol. The van der Waals surface area contributed by atoms with Crippen LogP contribution in [0.15, 0.2) is 39.4 Å². The van der Waals surface area contributed by atoms with E-state index in [4.69, 9.17) is 9.84 Å². The number of carboxylic acid groups (broad SMARTS) is 1. The summed E-state index contributed by atoms with van der Waals surface area (Å²) in [5.74, 6) is -1.53. The second-order valence-electron chi connectivity index (χ2n) is 5.90. The van der Waals surface area contributed by atoms with Gasteiger partial charge in [-0.05, 0) is 6.07 Å². The summed E-state index contributed by atoms with van der Waals surface area (Å²) < 4.78 is 32.3. The van der Waals surface area contributed by atoms with Gasteiger partial charge < -0.3 is 15.2 Å².